The van der Waals surface area contributed by atoms with Crippen molar-refractivity contribution in [2.75, 3.05) is 24.5 Å². The third kappa shape index (κ3) is 4.52. The van der Waals surface area contributed by atoms with Gasteiger partial charge in [0.25, 0.3) is 0 Å². The monoisotopic (exact) mass is 274 g/mol. The van der Waals surface area contributed by atoms with Crippen LogP contribution in [-0.2, 0) is 6.54 Å². The van der Waals surface area contributed by atoms with Gasteiger partial charge in [0.15, 0.2) is 0 Å². The van der Waals surface area contributed by atoms with Crippen molar-refractivity contribution in [3.8, 4) is 0 Å². The highest BCUT2D eigenvalue weighted by Crippen LogP contribution is 2.22. The first-order chi connectivity index (χ1) is 9.66. The smallest absolute Gasteiger partial charge is 0.0369 e. The summed E-state index contributed by atoms with van der Waals surface area (Å²) in [6, 6.07) is 6.99. The van der Waals surface area contributed by atoms with Crippen molar-refractivity contribution >= 4 is 5.69 Å². The predicted octanol–water partition coefficient (Wildman–Crippen LogP) is 4.12. The number of rotatable bonds is 5. The molecule has 0 spiro atoms. The van der Waals surface area contributed by atoms with E-state index in [0.717, 1.165) is 13.1 Å². The highest BCUT2D eigenvalue weighted by Gasteiger charge is 2.10. The molecular weight excluding hydrogens is 244 g/mol. The van der Waals surface area contributed by atoms with E-state index in [9.17, 15) is 0 Å². The quantitative estimate of drug-likeness (QED) is 0.869. The topological polar surface area (TPSA) is 15.3 Å². The van der Waals surface area contributed by atoms with Crippen LogP contribution in [-0.4, -0.2) is 19.6 Å². The summed E-state index contributed by atoms with van der Waals surface area (Å²) in [6.07, 6.45) is 5.48. The van der Waals surface area contributed by atoms with Crippen LogP contribution in [0.3, 0.4) is 0 Å². The molecule has 20 heavy (non-hydrogen) atoms. The van der Waals surface area contributed by atoms with Crippen LogP contribution in [0.4, 0.5) is 5.69 Å². The van der Waals surface area contributed by atoms with Gasteiger partial charge in [-0.2, -0.15) is 0 Å². The Labute approximate surface area is 124 Å². The number of nitrogens with zero attached hydrogens (tertiary/aromatic N) is 1. The van der Waals surface area contributed by atoms with E-state index in [4.69, 9.17) is 0 Å². The number of anilines is 1. The first kappa shape index (κ1) is 15.4. The van der Waals surface area contributed by atoms with E-state index in [1.807, 2.05) is 0 Å². The Balaban J connectivity index is 1.97. The van der Waals surface area contributed by atoms with E-state index in [1.165, 1.54) is 55.6 Å². The molecule has 1 aliphatic rings. The average Bonchev–Trinajstić information content (AvgIpc) is 2.69. The standard InChI is InChI=1S/C18H30N2/c1-15(2)13-19-14-17-8-9-18(12-16(17)3)20-10-6-4-5-7-11-20/h8-9,12,15,19H,4-7,10-11,13-14H2,1-3H3. The fourth-order valence-corrected chi connectivity index (χ4v) is 2.90. The van der Waals surface area contributed by atoms with Crippen molar-refractivity contribution in [3.05, 3.63) is 29.3 Å². The third-order valence-corrected chi connectivity index (χ3v) is 4.17. The summed E-state index contributed by atoms with van der Waals surface area (Å²) in [4.78, 5) is 2.56. The summed E-state index contributed by atoms with van der Waals surface area (Å²) in [6.45, 7) is 11.3. The van der Waals surface area contributed by atoms with Gasteiger partial charge in [-0.1, -0.05) is 32.8 Å². The summed E-state index contributed by atoms with van der Waals surface area (Å²) in [5, 5.41) is 3.54. The lowest BCUT2D eigenvalue weighted by atomic mass is 10.1. The second-order valence-electron chi connectivity index (χ2n) is 6.54. The normalized spacial score (nSPS) is 16.5. The fourth-order valence-electron chi connectivity index (χ4n) is 2.90. The average molecular weight is 274 g/mol. The number of aryl methyl sites for hydroxylation is 1. The number of benzene rings is 1. The minimum atomic E-state index is 0.715. The van der Waals surface area contributed by atoms with E-state index >= 15 is 0 Å². The molecule has 0 saturated carbocycles. The highest BCUT2D eigenvalue weighted by molar-refractivity contribution is 5.51. The molecule has 0 aromatic heterocycles. The summed E-state index contributed by atoms with van der Waals surface area (Å²) in [5.41, 5.74) is 4.27. The molecule has 2 nitrogen and oxygen atoms in total. The first-order valence-electron chi connectivity index (χ1n) is 8.22. The van der Waals surface area contributed by atoms with Crippen molar-refractivity contribution in [1.82, 2.24) is 5.32 Å². The van der Waals surface area contributed by atoms with Crippen LogP contribution in [0.25, 0.3) is 0 Å². The molecule has 2 heteroatoms. The Morgan fingerprint density at radius 2 is 1.80 bits per heavy atom. The van der Waals surface area contributed by atoms with Gasteiger partial charge in [-0.3, -0.25) is 0 Å². The van der Waals surface area contributed by atoms with Gasteiger partial charge in [0, 0.05) is 25.3 Å². The lowest BCUT2D eigenvalue weighted by molar-refractivity contribution is 0.551. The van der Waals surface area contributed by atoms with E-state index in [0.29, 0.717) is 5.92 Å². The van der Waals surface area contributed by atoms with Gasteiger partial charge in [0.2, 0.25) is 0 Å². The molecule has 112 valence electrons. The molecule has 0 radical (unpaired) electrons. The second kappa shape index (κ2) is 7.68. The van der Waals surface area contributed by atoms with Crippen LogP contribution in [0, 0.1) is 12.8 Å². The Kier molecular flexibility index (Phi) is 5.90. The molecule has 1 aromatic rings. The van der Waals surface area contributed by atoms with Crippen molar-refractivity contribution in [2.24, 2.45) is 5.92 Å². The van der Waals surface area contributed by atoms with Gasteiger partial charge in [0.1, 0.15) is 0 Å². The van der Waals surface area contributed by atoms with Crippen LogP contribution in [0.15, 0.2) is 18.2 Å². The third-order valence-electron chi connectivity index (χ3n) is 4.17. The summed E-state index contributed by atoms with van der Waals surface area (Å²) in [5.74, 6) is 0.715. The van der Waals surface area contributed by atoms with Crippen molar-refractivity contribution in [1.29, 1.82) is 0 Å². The Bertz CT molecular complexity index is 404. The van der Waals surface area contributed by atoms with E-state index < -0.39 is 0 Å². The minimum Gasteiger partial charge on any atom is -0.372 e. The maximum atomic E-state index is 3.54. The highest BCUT2D eigenvalue weighted by atomic mass is 15.1. The molecule has 2 rings (SSSR count). The molecule has 0 bridgehead atoms. The minimum absolute atomic E-state index is 0.715. The predicted molar refractivity (Wildman–Crippen MR) is 88.4 cm³/mol. The van der Waals surface area contributed by atoms with Gasteiger partial charge in [0.05, 0.1) is 0 Å². The Hall–Kier alpha value is -1.02. The zero-order valence-corrected chi connectivity index (χ0v) is 13.4. The maximum absolute atomic E-state index is 3.54. The summed E-state index contributed by atoms with van der Waals surface area (Å²) in [7, 11) is 0. The zero-order chi connectivity index (χ0) is 14.4. The number of hydrogen-bond acceptors (Lipinski definition) is 2. The molecule has 0 amide bonds. The zero-order valence-electron chi connectivity index (χ0n) is 13.4. The van der Waals surface area contributed by atoms with Crippen molar-refractivity contribution < 1.29 is 0 Å². The van der Waals surface area contributed by atoms with Crippen molar-refractivity contribution in [2.45, 2.75) is 53.0 Å². The fraction of sp³-hybridized carbons (Fsp3) is 0.667. The molecule has 1 aliphatic heterocycles. The Morgan fingerprint density at radius 3 is 2.40 bits per heavy atom. The summed E-state index contributed by atoms with van der Waals surface area (Å²) < 4.78 is 0. The molecule has 1 aromatic carbocycles. The lowest BCUT2D eigenvalue weighted by Gasteiger charge is -2.23. The Morgan fingerprint density at radius 1 is 1.10 bits per heavy atom. The van der Waals surface area contributed by atoms with Crippen LogP contribution in [0.5, 0.6) is 0 Å². The molecule has 1 fully saturated rings. The van der Waals surface area contributed by atoms with E-state index in [2.05, 4.69) is 49.2 Å². The van der Waals surface area contributed by atoms with Gasteiger partial charge in [-0.25, -0.2) is 0 Å². The van der Waals surface area contributed by atoms with E-state index in [1.54, 1.807) is 0 Å². The lowest BCUT2D eigenvalue weighted by Crippen LogP contribution is -2.24. The molecule has 1 saturated heterocycles. The van der Waals surface area contributed by atoms with Gasteiger partial charge in [-0.05, 0) is 55.5 Å². The van der Waals surface area contributed by atoms with Gasteiger partial charge >= 0.3 is 0 Å². The molecule has 1 N–H and O–H groups in total. The SMILES string of the molecule is Cc1cc(N2CCCCCC2)ccc1CNCC(C)C. The van der Waals surface area contributed by atoms with Crippen molar-refractivity contribution in [3.63, 3.8) is 0 Å². The molecule has 0 unspecified atom stereocenters. The summed E-state index contributed by atoms with van der Waals surface area (Å²) >= 11 is 0. The number of nitrogens with one attached hydrogen (secondary N) is 1. The molecule has 1 heterocycles. The van der Waals surface area contributed by atoms with Gasteiger partial charge in [-0.15, -0.1) is 0 Å². The second-order valence-corrected chi connectivity index (χ2v) is 6.54. The van der Waals surface area contributed by atoms with Gasteiger partial charge < -0.3 is 10.2 Å². The molecule has 0 aliphatic carbocycles. The van der Waals surface area contributed by atoms with Crippen LogP contribution in [0.2, 0.25) is 0 Å². The molecular formula is C18H30N2. The number of hydrogen-bond donors (Lipinski definition) is 1. The maximum Gasteiger partial charge on any atom is 0.0369 e. The largest absolute Gasteiger partial charge is 0.372 e. The van der Waals surface area contributed by atoms with Crippen LogP contribution < -0.4 is 10.2 Å². The van der Waals surface area contributed by atoms with Crippen LogP contribution in [0.1, 0.15) is 50.7 Å². The first-order valence-corrected chi connectivity index (χ1v) is 8.22. The van der Waals surface area contributed by atoms with E-state index in [-0.39, 0.29) is 0 Å². The molecule has 0 atom stereocenters. The van der Waals surface area contributed by atoms with Crippen LogP contribution >= 0.6 is 0 Å².